The summed E-state index contributed by atoms with van der Waals surface area (Å²) in [5.74, 6) is 1.65. The fraction of sp³-hybridized carbons (Fsp3) is 0.318. The van der Waals surface area contributed by atoms with E-state index in [0.29, 0.717) is 11.5 Å². The van der Waals surface area contributed by atoms with Crippen molar-refractivity contribution < 1.29 is 19.0 Å². The molecule has 0 aliphatic carbocycles. The molecular formula is C22H27NO4. The zero-order valence-corrected chi connectivity index (χ0v) is 16.5. The molecule has 1 atom stereocenters. The molecule has 0 aliphatic heterocycles. The van der Waals surface area contributed by atoms with E-state index in [4.69, 9.17) is 14.2 Å². The number of carbonyl (C=O) groups is 1. The molecule has 2 aromatic rings. The molecule has 1 N–H and O–H groups in total. The summed E-state index contributed by atoms with van der Waals surface area (Å²) in [5, 5.41) is 2.94. The van der Waals surface area contributed by atoms with Crippen molar-refractivity contribution in [2.75, 3.05) is 20.8 Å². The number of hydrogen-bond acceptors (Lipinski definition) is 4. The second kappa shape index (κ2) is 9.67. The van der Waals surface area contributed by atoms with Crippen LogP contribution in [0.4, 0.5) is 0 Å². The first-order valence-electron chi connectivity index (χ1n) is 8.86. The van der Waals surface area contributed by atoms with E-state index in [0.717, 1.165) is 22.4 Å². The first-order chi connectivity index (χ1) is 13.0. The number of aryl methyl sites for hydroxylation is 1. The van der Waals surface area contributed by atoms with E-state index in [1.807, 2.05) is 63.3 Å². The topological polar surface area (TPSA) is 56.8 Å². The third-order valence-electron chi connectivity index (χ3n) is 4.13. The lowest BCUT2D eigenvalue weighted by molar-refractivity contribution is -0.123. The summed E-state index contributed by atoms with van der Waals surface area (Å²) in [6.45, 7) is 5.77. The molecule has 0 saturated carbocycles. The Kier molecular flexibility index (Phi) is 7.29. The van der Waals surface area contributed by atoms with Crippen molar-refractivity contribution in [3.63, 3.8) is 0 Å². The van der Waals surface area contributed by atoms with Crippen LogP contribution in [0.1, 0.15) is 36.6 Å². The van der Waals surface area contributed by atoms with Crippen LogP contribution in [-0.4, -0.2) is 26.7 Å². The lowest BCUT2D eigenvalue weighted by Gasteiger charge is -2.18. The molecule has 0 spiro atoms. The molecule has 0 saturated heterocycles. The largest absolute Gasteiger partial charge is 0.496 e. The third kappa shape index (κ3) is 5.51. The van der Waals surface area contributed by atoms with E-state index in [1.165, 1.54) is 0 Å². The molecule has 0 fully saturated rings. The summed E-state index contributed by atoms with van der Waals surface area (Å²) >= 11 is 0. The van der Waals surface area contributed by atoms with E-state index < -0.39 is 0 Å². The van der Waals surface area contributed by atoms with Crippen LogP contribution in [0.25, 0.3) is 6.08 Å². The van der Waals surface area contributed by atoms with Crippen LogP contribution >= 0.6 is 0 Å². The number of amides is 1. The maximum Gasteiger partial charge on any atom is 0.258 e. The molecule has 2 aromatic carbocycles. The fourth-order valence-corrected chi connectivity index (χ4v) is 2.80. The Morgan fingerprint density at radius 1 is 1.07 bits per heavy atom. The Bertz CT molecular complexity index is 814. The Balaban J connectivity index is 2.01. The summed E-state index contributed by atoms with van der Waals surface area (Å²) < 4.78 is 16.4. The summed E-state index contributed by atoms with van der Waals surface area (Å²) in [6.07, 6.45) is 3.92. The van der Waals surface area contributed by atoms with Gasteiger partial charge in [0.15, 0.2) is 18.1 Å². The Labute approximate surface area is 161 Å². The monoisotopic (exact) mass is 369 g/mol. The van der Waals surface area contributed by atoms with Crippen molar-refractivity contribution in [3.05, 3.63) is 59.2 Å². The molecule has 0 heterocycles. The minimum Gasteiger partial charge on any atom is -0.496 e. The highest BCUT2D eigenvalue weighted by molar-refractivity contribution is 5.78. The highest BCUT2D eigenvalue weighted by Gasteiger charge is 2.15. The minimum atomic E-state index is -0.217. The Morgan fingerprint density at radius 3 is 2.44 bits per heavy atom. The minimum absolute atomic E-state index is 0.0994. The van der Waals surface area contributed by atoms with Gasteiger partial charge in [0.1, 0.15) is 5.75 Å². The van der Waals surface area contributed by atoms with Crippen molar-refractivity contribution in [1.29, 1.82) is 0 Å². The molecule has 0 aliphatic rings. The number of carbonyl (C=O) groups excluding carboxylic acids is 1. The maximum absolute atomic E-state index is 12.3. The van der Waals surface area contributed by atoms with Crippen molar-refractivity contribution in [2.45, 2.75) is 26.8 Å². The van der Waals surface area contributed by atoms with Crippen molar-refractivity contribution in [3.8, 4) is 17.2 Å². The van der Waals surface area contributed by atoms with Gasteiger partial charge < -0.3 is 19.5 Å². The Morgan fingerprint density at radius 2 is 1.78 bits per heavy atom. The molecule has 0 bridgehead atoms. The number of ether oxygens (including phenoxy) is 3. The van der Waals surface area contributed by atoms with Gasteiger partial charge in [-0.25, -0.2) is 0 Å². The molecule has 27 heavy (non-hydrogen) atoms. The third-order valence-corrected chi connectivity index (χ3v) is 4.13. The Hall–Kier alpha value is -2.95. The number of nitrogens with one attached hydrogen (secondary N) is 1. The molecule has 0 aromatic heterocycles. The normalized spacial score (nSPS) is 11.9. The standard InChI is InChI=1S/C22H27NO4/c1-6-7-17-9-11-20(21(13-17)26-5)27-14-22(24)23-16(3)18-12-15(2)8-10-19(18)25-4/h6-13,16H,14H2,1-5H3,(H,23,24)/b7-6+/t16-/m1/s1. The quantitative estimate of drug-likeness (QED) is 0.754. The van der Waals surface area contributed by atoms with Gasteiger partial charge in [0.25, 0.3) is 5.91 Å². The molecular weight excluding hydrogens is 342 g/mol. The SMILES string of the molecule is C/C=C/c1ccc(OCC(=O)N[C@H](C)c2cc(C)ccc2OC)c(OC)c1. The van der Waals surface area contributed by atoms with Crippen LogP contribution in [0.2, 0.25) is 0 Å². The van der Waals surface area contributed by atoms with E-state index in [-0.39, 0.29) is 18.6 Å². The smallest absolute Gasteiger partial charge is 0.258 e. The lowest BCUT2D eigenvalue weighted by atomic mass is 10.0. The highest BCUT2D eigenvalue weighted by Crippen LogP contribution is 2.29. The van der Waals surface area contributed by atoms with Gasteiger partial charge in [-0.2, -0.15) is 0 Å². The van der Waals surface area contributed by atoms with Gasteiger partial charge in [-0.05, 0) is 44.5 Å². The maximum atomic E-state index is 12.3. The molecule has 5 nitrogen and oxygen atoms in total. The van der Waals surface area contributed by atoms with E-state index in [9.17, 15) is 4.79 Å². The molecule has 0 radical (unpaired) electrons. The van der Waals surface area contributed by atoms with Crippen LogP contribution in [0.15, 0.2) is 42.5 Å². The summed E-state index contributed by atoms with van der Waals surface area (Å²) in [4.78, 5) is 12.3. The van der Waals surface area contributed by atoms with Crippen LogP contribution in [-0.2, 0) is 4.79 Å². The lowest BCUT2D eigenvalue weighted by Crippen LogP contribution is -2.31. The van der Waals surface area contributed by atoms with Gasteiger partial charge in [-0.15, -0.1) is 0 Å². The predicted octanol–water partition coefficient (Wildman–Crippen LogP) is 4.30. The highest BCUT2D eigenvalue weighted by atomic mass is 16.5. The van der Waals surface area contributed by atoms with E-state index in [1.54, 1.807) is 20.3 Å². The van der Waals surface area contributed by atoms with E-state index in [2.05, 4.69) is 5.32 Å². The predicted molar refractivity (Wildman–Crippen MR) is 107 cm³/mol. The average molecular weight is 369 g/mol. The number of benzene rings is 2. The van der Waals surface area contributed by atoms with Gasteiger partial charge in [0.2, 0.25) is 0 Å². The van der Waals surface area contributed by atoms with Crippen LogP contribution in [0.5, 0.6) is 17.2 Å². The van der Waals surface area contributed by atoms with Crippen LogP contribution in [0.3, 0.4) is 0 Å². The van der Waals surface area contributed by atoms with Gasteiger partial charge in [-0.3, -0.25) is 4.79 Å². The molecule has 5 heteroatoms. The number of rotatable bonds is 8. The number of hydrogen-bond donors (Lipinski definition) is 1. The van der Waals surface area contributed by atoms with Crippen molar-refractivity contribution in [2.24, 2.45) is 0 Å². The molecule has 144 valence electrons. The fourth-order valence-electron chi connectivity index (χ4n) is 2.80. The second-order valence-corrected chi connectivity index (χ2v) is 6.23. The summed E-state index contributed by atoms with van der Waals surface area (Å²) in [6, 6.07) is 11.3. The van der Waals surface area contributed by atoms with Crippen molar-refractivity contribution >= 4 is 12.0 Å². The second-order valence-electron chi connectivity index (χ2n) is 6.23. The summed E-state index contributed by atoms with van der Waals surface area (Å²) in [5.41, 5.74) is 3.04. The first-order valence-corrected chi connectivity index (χ1v) is 8.86. The van der Waals surface area contributed by atoms with Gasteiger partial charge >= 0.3 is 0 Å². The number of methoxy groups -OCH3 is 2. The zero-order valence-electron chi connectivity index (χ0n) is 16.5. The van der Waals surface area contributed by atoms with Gasteiger partial charge in [0.05, 0.1) is 20.3 Å². The van der Waals surface area contributed by atoms with Crippen LogP contribution in [0, 0.1) is 6.92 Å². The first kappa shape index (κ1) is 20.4. The zero-order chi connectivity index (χ0) is 19.8. The van der Waals surface area contributed by atoms with E-state index >= 15 is 0 Å². The van der Waals surface area contributed by atoms with Gasteiger partial charge in [-0.1, -0.05) is 35.9 Å². The molecule has 1 amide bonds. The van der Waals surface area contributed by atoms with Gasteiger partial charge in [0, 0.05) is 5.56 Å². The molecule has 0 unspecified atom stereocenters. The number of allylic oxidation sites excluding steroid dienone is 1. The summed E-state index contributed by atoms with van der Waals surface area (Å²) in [7, 11) is 3.20. The van der Waals surface area contributed by atoms with Crippen molar-refractivity contribution in [1.82, 2.24) is 5.32 Å². The van der Waals surface area contributed by atoms with Crippen LogP contribution < -0.4 is 19.5 Å². The average Bonchev–Trinajstić information content (AvgIpc) is 2.67. The molecule has 2 rings (SSSR count).